The second-order valence-corrected chi connectivity index (χ2v) is 5.04. The molecule has 1 aromatic heterocycles. The predicted molar refractivity (Wildman–Crippen MR) is 58.0 cm³/mol. The minimum atomic E-state index is -0.131. The van der Waals surface area contributed by atoms with Crippen molar-refractivity contribution in [3.05, 3.63) is 21.2 Å². The van der Waals surface area contributed by atoms with Crippen LogP contribution in [0.2, 0.25) is 0 Å². The van der Waals surface area contributed by atoms with Gasteiger partial charge < -0.3 is 14.6 Å². The summed E-state index contributed by atoms with van der Waals surface area (Å²) in [5.74, 6) is 0.502. The van der Waals surface area contributed by atoms with Crippen LogP contribution in [0.5, 0.6) is 0 Å². The van der Waals surface area contributed by atoms with Gasteiger partial charge in [0.05, 0.1) is 18.6 Å². The highest BCUT2D eigenvalue weighted by atomic mass is 79.9. The molecular formula is C9H10BrN3O2. The topological polar surface area (TPSA) is 58.2 Å². The number of halogens is 1. The molecule has 0 amide bonds. The van der Waals surface area contributed by atoms with Crippen LogP contribution in [0.4, 0.5) is 5.82 Å². The molecule has 1 aromatic rings. The number of nitrogens with one attached hydrogen (secondary N) is 1. The summed E-state index contributed by atoms with van der Waals surface area (Å²) < 4.78 is 5.83. The fourth-order valence-corrected chi connectivity index (χ4v) is 2.36. The highest BCUT2D eigenvalue weighted by molar-refractivity contribution is 9.10. The van der Waals surface area contributed by atoms with Crippen molar-refractivity contribution < 1.29 is 4.74 Å². The van der Waals surface area contributed by atoms with E-state index in [0.717, 1.165) is 26.3 Å². The maximum atomic E-state index is 11.5. The average molecular weight is 272 g/mol. The summed E-state index contributed by atoms with van der Waals surface area (Å²) in [6.45, 7) is 3.38. The normalized spacial score (nSPS) is 22.3. The fourth-order valence-electron chi connectivity index (χ4n) is 2.07. The van der Waals surface area contributed by atoms with Crippen molar-refractivity contribution in [1.82, 2.24) is 9.97 Å². The van der Waals surface area contributed by atoms with E-state index in [1.807, 2.05) is 4.90 Å². The molecule has 3 heterocycles. The third-order valence-corrected chi connectivity index (χ3v) is 3.31. The Bertz CT molecular complexity index is 447. The van der Waals surface area contributed by atoms with E-state index >= 15 is 0 Å². The van der Waals surface area contributed by atoms with Crippen LogP contribution in [-0.4, -0.2) is 36.3 Å². The molecule has 5 nitrogen and oxygen atoms in total. The van der Waals surface area contributed by atoms with Crippen molar-refractivity contribution in [2.24, 2.45) is 5.41 Å². The number of nitrogens with zero attached hydrogens (tertiary/aromatic N) is 2. The SMILES string of the molecule is O=c1[nH]cc(Br)nc1N1CC2(COC2)C1. The molecule has 0 atom stereocenters. The number of anilines is 1. The molecule has 2 aliphatic rings. The first-order valence-corrected chi connectivity index (χ1v) is 5.56. The molecule has 1 spiro atoms. The van der Waals surface area contributed by atoms with Gasteiger partial charge in [0.25, 0.3) is 5.56 Å². The molecule has 0 bridgehead atoms. The third-order valence-electron chi connectivity index (χ3n) is 2.91. The number of aromatic amines is 1. The van der Waals surface area contributed by atoms with Crippen LogP contribution in [0.3, 0.4) is 0 Å². The Kier molecular flexibility index (Phi) is 1.90. The quantitative estimate of drug-likeness (QED) is 0.802. The van der Waals surface area contributed by atoms with Gasteiger partial charge in [0, 0.05) is 19.3 Å². The van der Waals surface area contributed by atoms with Gasteiger partial charge in [-0.05, 0) is 15.9 Å². The number of rotatable bonds is 1. The first kappa shape index (κ1) is 9.35. The van der Waals surface area contributed by atoms with Crippen LogP contribution < -0.4 is 10.5 Å². The van der Waals surface area contributed by atoms with Gasteiger partial charge >= 0.3 is 0 Å². The van der Waals surface area contributed by atoms with Crippen molar-refractivity contribution in [2.45, 2.75) is 0 Å². The van der Waals surface area contributed by atoms with Gasteiger partial charge in [-0.1, -0.05) is 0 Å². The summed E-state index contributed by atoms with van der Waals surface area (Å²) in [4.78, 5) is 20.3. The number of ether oxygens (including phenoxy) is 1. The Labute approximate surface area is 94.6 Å². The summed E-state index contributed by atoms with van der Waals surface area (Å²) in [6, 6.07) is 0. The van der Waals surface area contributed by atoms with Gasteiger partial charge in [-0.25, -0.2) is 4.98 Å². The molecule has 2 fully saturated rings. The number of hydrogen-bond acceptors (Lipinski definition) is 4. The zero-order valence-electron chi connectivity index (χ0n) is 7.99. The lowest BCUT2D eigenvalue weighted by molar-refractivity contribution is -0.127. The van der Waals surface area contributed by atoms with Crippen LogP contribution in [0.25, 0.3) is 0 Å². The van der Waals surface area contributed by atoms with Crippen LogP contribution in [-0.2, 0) is 4.74 Å². The molecule has 1 N–H and O–H groups in total. The average Bonchev–Trinajstić information content (AvgIpc) is 2.06. The summed E-state index contributed by atoms with van der Waals surface area (Å²) in [5, 5.41) is 0. The van der Waals surface area contributed by atoms with Crippen molar-refractivity contribution in [1.29, 1.82) is 0 Å². The van der Waals surface area contributed by atoms with Crippen molar-refractivity contribution in [3.8, 4) is 0 Å². The lowest BCUT2D eigenvalue weighted by atomic mass is 9.78. The molecule has 0 aromatic carbocycles. The zero-order valence-corrected chi connectivity index (χ0v) is 9.58. The molecule has 0 unspecified atom stereocenters. The van der Waals surface area contributed by atoms with E-state index in [4.69, 9.17) is 4.74 Å². The third kappa shape index (κ3) is 1.39. The number of H-pyrrole nitrogens is 1. The van der Waals surface area contributed by atoms with Gasteiger partial charge in [-0.3, -0.25) is 4.79 Å². The zero-order chi connectivity index (χ0) is 10.5. The van der Waals surface area contributed by atoms with Crippen LogP contribution in [0, 0.1) is 5.41 Å². The summed E-state index contributed by atoms with van der Waals surface area (Å²) in [7, 11) is 0. The minimum absolute atomic E-state index is 0.131. The summed E-state index contributed by atoms with van der Waals surface area (Å²) in [6.07, 6.45) is 1.55. The van der Waals surface area contributed by atoms with E-state index < -0.39 is 0 Å². The Morgan fingerprint density at radius 1 is 1.53 bits per heavy atom. The molecule has 6 heteroatoms. The first-order valence-electron chi connectivity index (χ1n) is 4.77. The second kappa shape index (κ2) is 3.05. The molecule has 15 heavy (non-hydrogen) atoms. The highest BCUT2D eigenvalue weighted by Crippen LogP contribution is 2.38. The largest absolute Gasteiger partial charge is 0.380 e. The molecular weight excluding hydrogens is 262 g/mol. The molecule has 0 aliphatic carbocycles. The maximum absolute atomic E-state index is 11.5. The number of hydrogen-bond donors (Lipinski definition) is 1. The monoisotopic (exact) mass is 271 g/mol. The van der Waals surface area contributed by atoms with Crippen LogP contribution >= 0.6 is 15.9 Å². The van der Waals surface area contributed by atoms with Crippen molar-refractivity contribution in [2.75, 3.05) is 31.2 Å². The lowest BCUT2D eigenvalue weighted by Gasteiger charge is -2.55. The van der Waals surface area contributed by atoms with Crippen molar-refractivity contribution in [3.63, 3.8) is 0 Å². The van der Waals surface area contributed by atoms with Crippen LogP contribution in [0.1, 0.15) is 0 Å². The molecule has 0 radical (unpaired) electrons. The Morgan fingerprint density at radius 2 is 2.27 bits per heavy atom. The Morgan fingerprint density at radius 3 is 2.87 bits per heavy atom. The summed E-state index contributed by atoms with van der Waals surface area (Å²) in [5.41, 5.74) is 0.171. The van der Waals surface area contributed by atoms with E-state index in [9.17, 15) is 4.79 Å². The van der Waals surface area contributed by atoms with E-state index in [-0.39, 0.29) is 5.56 Å². The molecule has 2 aliphatic heterocycles. The van der Waals surface area contributed by atoms with E-state index in [1.165, 1.54) is 0 Å². The van der Waals surface area contributed by atoms with Gasteiger partial charge in [-0.15, -0.1) is 0 Å². The number of aromatic nitrogens is 2. The Balaban J connectivity index is 1.83. The van der Waals surface area contributed by atoms with Gasteiger partial charge in [0.2, 0.25) is 0 Å². The maximum Gasteiger partial charge on any atom is 0.290 e. The van der Waals surface area contributed by atoms with Crippen LogP contribution in [0.15, 0.2) is 15.6 Å². The van der Waals surface area contributed by atoms with E-state index in [2.05, 4.69) is 25.9 Å². The highest BCUT2D eigenvalue weighted by Gasteiger charge is 2.50. The molecule has 0 saturated carbocycles. The lowest BCUT2D eigenvalue weighted by Crippen LogP contribution is -2.67. The molecule has 3 rings (SSSR count). The Hall–Kier alpha value is -0.880. The van der Waals surface area contributed by atoms with Crippen molar-refractivity contribution >= 4 is 21.7 Å². The van der Waals surface area contributed by atoms with Gasteiger partial charge in [-0.2, -0.15) is 0 Å². The summed E-state index contributed by atoms with van der Waals surface area (Å²) >= 11 is 3.24. The van der Waals surface area contributed by atoms with Gasteiger partial charge in [0.1, 0.15) is 4.60 Å². The predicted octanol–water partition coefficient (Wildman–Crippen LogP) is 0.369. The smallest absolute Gasteiger partial charge is 0.290 e. The first-order chi connectivity index (χ1) is 7.19. The molecule has 2 saturated heterocycles. The minimum Gasteiger partial charge on any atom is -0.380 e. The van der Waals surface area contributed by atoms with E-state index in [0.29, 0.717) is 15.8 Å². The standard InChI is InChI=1S/C9H10BrN3O2/c10-6-1-11-8(14)7(12-6)13-2-9(3-13)4-15-5-9/h1H,2-5H2,(H,11,14). The second-order valence-electron chi connectivity index (χ2n) is 4.22. The molecule has 80 valence electrons. The van der Waals surface area contributed by atoms with Gasteiger partial charge in [0.15, 0.2) is 5.82 Å². The van der Waals surface area contributed by atoms with E-state index in [1.54, 1.807) is 6.20 Å². The fraction of sp³-hybridized carbons (Fsp3) is 0.556.